The third-order valence-corrected chi connectivity index (χ3v) is 5.28. The van der Waals surface area contributed by atoms with Crippen LogP contribution in [0.15, 0.2) is 0 Å². The first kappa shape index (κ1) is 13.8. The van der Waals surface area contributed by atoms with Gasteiger partial charge in [-0.1, -0.05) is 13.3 Å². The molecule has 2 aliphatic heterocycles. The van der Waals surface area contributed by atoms with Gasteiger partial charge < -0.3 is 15.2 Å². The molecule has 3 rings (SSSR count). The predicted molar refractivity (Wildman–Crippen MR) is 74.8 cm³/mol. The topological polar surface area (TPSA) is 47.7 Å². The van der Waals surface area contributed by atoms with Crippen LogP contribution in [0.2, 0.25) is 0 Å². The number of piperidine rings is 1. The second kappa shape index (κ2) is 5.68. The Bertz CT molecular complexity index is 305. The van der Waals surface area contributed by atoms with E-state index in [0.29, 0.717) is 6.04 Å². The first-order chi connectivity index (χ1) is 9.22. The average Bonchev–Trinajstić information content (AvgIpc) is 2.90. The molecule has 3 fully saturated rings. The molecule has 3 atom stereocenters. The van der Waals surface area contributed by atoms with Crippen LogP contribution >= 0.6 is 0 Å². The molecule has 0 radical (unpaired) electrons. The Balaban J connectivity index is 1.67. The molecule has 0 bridgehead atoms. The minimum atomic E-state index is -0.306. The molecule has 0 amide bonds. The fraction of sp³-hybridized carbons (Fsp3) is 1.00. The van der Waals surface area contributed by atoms with Crippen molar-refractivity contribution in [3.8, 4) is 0 Å². The van der Waals surface area contributed by atoms with E-state index in [4.69, 9.17) is 15.2 Å². The highest BCUT2D eigenvalue weighted by Gasteiger charge is 2.46. The molecule has 3 unspecified atom stereocenters. The molecule has 19 heavy (non-hydrogen) atoms. The largest absolute Gasteiger partial charge is 0.347 e. The molecule has 1 spiro atoms. The van der Waals surface area contributed by atoms with Gasteiger partial charge in [0.2, 0.25) is 0 Å². The Labute approximate surface area is 116 Å². The van der Waals surface area contributed by atoms with Crippen LogP contribution in [-0.4, -0.2) is 49.1 Å². The summed E-state index contributed by atoms with van der Waals surface area (Å²) in [6.07, 6.45) is 6.94. The third-order valence-electron chi connectivity index (χ3n) is 5.28. The van der Waals surface area contributed by atoms with Crippen LogP contribution in [-0.2, 0) is 9.47 Å². The summed E-state index contributed by atoms with van der Waals surface area (Å²) in [4.78, 5) is 2.62. The first-order valence-corrected chi connectivity index (χ1v) is 8.00. The highest BCUT2D eigenvalue weighted by molar-refractivity contribution is 4.96. The number of rotatable bonds is 2. The second-order valence-corrected chi connectivity index (χ2v) is 6.49. The molecule has 4 nitrogen and oxygen atoms in total. The highest BCUT2D eigenvalue weighted by atomic mass is 16.7. The zero-order valence-electron chi connectivity index (χ0n) is 12.1. The molecular formula is C15H28N2O2. The zero-order valence-corrected chi connectivity index (χ0v) is 12.1. The van der Waals surface area contributed by atoms with Crippen molar-refractivity contribution in [3.05, 3.63) is 0 Å². The van der Waals surface area contributed by atoms with E-state index in [2.05, 4.69) is 11.8 Å². The highest BCUT2D eigenvalue weighted by Crippen LogP contribution is 2.38. The Morgan fingerprint density at radius 1 is 1.26 bits per heavy atom. The lowest BCUT2D eigenvalue weighted by Gasteiger charge is -2.47. The summed E-state index contributed by atoms with van der Waals surface area (Å²) in [6.45, 7) is 6.22. The number of nitrogens with two attached hydrogens (primary N) is 1. The van der Waals surface area contributed by atoms with E-state index >= 15 is 0 Å². The van der Waals surface area contributed by atoms with Gasteiger partial charge >= 0.3 is 0 Å². The van der Waals surface area contributed by atoms with Crippen molar-refractivity contribution < 1.29 is 9.47 Å². The maximum atomic E-state index is 6.39. The Kier molecular flexibility index (Phi) is 4.13. The Morgan fingerprint density at radius 3 is 2.79 bits per heavy atom. The smallest absolute Gasteiger partial charge is 0.170 e. The lowest BCUT2D eigenvalue weighted by molar-refractivity contribution is -0.193. The SMILES string of the molecule is CCC1CCCN(C2CC3(CCC2N)OCCO3)C1. The molecule has 2 heterocycles. The van der Waals surface area contributed by atoms with E-state index in [1.165, 1.54) is 32.4 Å². The lowest BCUT2D eigenvalue weighted by atomic mass is 9.83. The summed E-state index contributed by atoms with van der Waals surface area (Å²) >= 11 is 0. The summed E-state index contributed by atoms with van der Waals surface area (Å²) < 4.78 is 11.8. The van der Waals surface area contributed by atoms with Crippen molar-refractivity contribution in [1.82, 2.24) is 4.90 Å². The quantitative estimate of drug-likeness (QED) is 0.828. The van der Waals surface area contributed by atoms with E-state index in [1.54, 1.807) is 0 Å². The molecule has 0 aromatic heterocycles. The van der Waals surface area contributed by atoms with Gasteiger partial charge in [0.15, 0.2) is 5.79 Å². The standard InChI is InChI=1S/C15H28N2O2/c1-2-12-4-3-7-17(11-12)14-10-15(6-5-13(14)16)18-8-9-19-15/h12-14H,2-11,16H2,1H3. The van der Waals surface area contributed by atoms with Crippen molar-refractivity contribution in [3.63, 3.8) is 0 Å². The van der Waals surface area contributed by atoms with E-state index in [9.17, 15) is 0 Å². The van der Waals surface area contributed by atoms with Gasteiger partial charge in [0, 0.05) is 31.5 Å². The van der Waals surface area contributed by atoms with Gasteiger partial charge in [0.05, 0.1) is 13.2 Å². The maximum Gasteiger partial charge on any atom is 0.170 e. The van der Waals surface area contributed by atoms with Crippen molar-refractivity contribution in [1.29, 1.82) is 0 Å². The minimum absolute atomic E-state index is 0.286. The molecule has 0 aromatic rings. The van der Waals surface area contributed by atoms with E-state index in [-0.39, 0.29) is 11.8 Å². The van der Waals surface area contributed by atoms with Crippen LogP contribution in [0.3, 0.4) is 0 Å². The van der Waals surface area contributed by atoms with Gasteiger partial charge in [-0.15, -0.1) is 0 Å². The van der Waals surface area contributed by atoms with Gasteiger partial charge in [0.25, 0.3) is 0 Å². The summed E-state index contributed by atoms with van der Waals surface area (Å²) in [7, 11) is 0. The molecule has 110 valence electrons. The minimum Gasteiger partial charge on any atom is -0.347 e. The third kappa shape index (κ3) is 2.82. The fourth-order valence-electron chi connectivity index (χ4n) is 4.04. The summed E-state index contributed by atoms with van der Waals surface area (Å²) in [6, 6.07) is 0.732. The predicted octanol–water partition coefficient (Wildman–Crippen LogP) is 1.73. The molecule has 2 saturated heterocycles. The fourth-order valence-corrected chi connectivity index (χ4v) is 4.04. The Morgan fingerprint density at radius 2 is 2.05 bits per heavy atom. The number of ether oxygens (including phenoxy) is 2. The van der Waals surface area contributed by atoms with Crippen LogP contribution in [0.5, 0.6) is 0 Å². The van der Waals surface area contributed by atoms with Crippen molar-refractivity contribution in [2.45, 2.75) is 63.3 Å². The van der Waals surface area contributed by atoms with Crippen LogP contribution in [0.1, 0.15) is 45.4 Å². The van der Waals surface area contributed by atoms with Gasteiger partial charge in [0.1, 0.15) is 0 Å². The van der Waals surface area contributed by atoms with Crippen LogP contribution in [0.25, 0.3) is 0 Å². The number of hydrogen-bond donors (Lipinski definition) is 1. The van der Waals surface area contributed by atoms with Gasteiger partial charge in [-0.25, -0.2) is 0 Å². The van der Waals surface area contributed by atoms with Crippen molar-refractivity contribution in [2.75, 3.05) is 26.3 Å². The van der Waals surface area contributed by atoms with Crippen LogP contribution in [0, 0.1) is 5.92 Å². The number of nitrogens with zero attached hydrogens (tertiary/aromatic N) is 1. The summed E-state index contributed by atoms with van der Waals surface area (Å²) in [5.74, 6) is 0.545. The maximum absolute atomic E-state index is 6.39. The average molecular weight is 268 g/mol. The lowest BCUT2D eigenvalue weighted by Crippen LogP contribution is -2.58. The Hall–Kier alpha value is -0.160. The van der Waals surface area contributed by atoms with Crippen LogP contribution in [0.4, 0.5) is 0 Å². The van der Waals surface area contributed by atoms with Gasteiger partial charge in [-0.05, 0) is 31.7 Å². The first-order valence-electron chi connectivity index (χ1n) is 8.00. The molecular weight excluding hydrogens is 240 g/mol. The molecule has 3 aliphatic rings. The van der Waals surface area contributed by atoms with Crippen molar-refractivity contribution in [2.24, 2.45) is 11.7 Å². The number of hydrogen-bond acceptors (Lipinski definition) is 4. The van der Waals surface area contributed by atoms with Crippen molar-refractivity contribution >= 4 is 0 Å². The second-order valence-electron chi connectivity index (χ2n) is 6.49. The molecule has 0 aromatic carbocycles. The monoisotopic (exact) mass is 268 g/mol. The van der Waals surface area contributed by atoms with E-state index < -0.39 is 0 Å². The van der Waals surface area contributed by atoms with Gasteiger partial charge in [-0.3, -0.25) is 4.90 Å². The molecule has 1 aliphatic carbocycles. The molecule has 1 saturated carbocycles. The molecule has 2 N–H and O–H groups in total. The molecule has 4 heteroatoms. The summed E-state index contributed by atoms with van der Waals surface area (Å²) in [5.41, 5.74) is 6.39. The number of likely N-dealkylation sites (tertiary alicyclic amines) is 1. The van der Waals surface area contributed by atoms with Crippen LogP contribution < -0.4 is 5.73 Å². The normalized spacial score (nSPS) is 39.8. The van der Waals surface area contributed by atoms with E-state index in [0.717, 1.165) is 38.4 Å². The van der Waals surface area contributed by atoms with Gasteiger partial charge in [-0.2, -0.15) is 0 Å². The summed E-state index contributed by atoms with van der Waals surface area (Å²) in [5, 5.41) is 0. The zero-order chi connectivity index (χ0) is 13.3. The van der Waals surface area contributed by atoms with E-state index in [1.807, 2.05) is 0 Å².